The van der Waals surface area contributed by atoms with Gasteiger partial charge in [-0.2, -0.15) is 0 Å². The van der Waals surface area contributed by atoms with E-state index in [1.165, 1.54) is 54.9 Å². The molecule has 0 amide bonds. The Bertz CT molecular complexity index is 3520. The molecule has 0 saturated heterocycles. The fraction of sp³-hybridized carbons (Fsp3) is 0. The molecule has 0 radical (unpaired) electrons. The fourth-order valence-corrected chi connectivity index (χ4v) is 9.55. The van der Waals surface area contributed by atoms with E-state index in [1.54, 1.807) is 0 Å². The zero-order chi connectivity index (χ0) is 42.2. The first kappa shape index (κ1) is 37.7. The SMILES string of the molecule is Bc1c(B)c(-n2c3ccccc3c3c(-c4ccccc4)cc(-c4ccccc4)cc32)c2c(oc3c(-c4nc(-c5ccccc5)nc(-c5ccccc5)n4)c(B)c(B)c(B)c32)c1B. The number of benzene rings is 8. The number of rotatable bonds is 6. The van der Waals surface area contributed by atoms with E-state index in [4.69, 9.17) is 19.4 Å². The predicted octanol–water partition coefficient (Wildman–Crippen LogP) is 2.75. The number of fused-ring (bicyclic) bond motifs is 6. The van der Waals surface area contributed by atoms with Gasteiger partial charge in [-0.1, -0.05) is 172 Å². The summed E-state index contributed by atoms with van der Waals surface area (Å²) in [6.45, 7) is 0. The minimum atomic E-state index is 0.590. The van der Waals surface area contributed by atoms with Crippen LogP contribution in [0.5, 0.6) is 0 Å². The summed E-state index contributed by atoms with van der Waals surface area (Å²) in [5.74, 6) is 1.83. The van der Waals surface area contributed by atoms with Gasteiger partial charge < -0.3 is 8.98 Å². The molecule has 0 bridgehead atoms. The molecule has 5 nitrogen and oxygen atoms in total. The molecular weight excluding hydrogens is 749 g/mol. The second-order valence-corrected chi connectivity index (χ2v) is 16.5. The number of hydrogen-bond acceptors (Lipinski definition) is 4. The van der Waals surface area contributed by atoms with Gasteiger partial charge in [-0.05, 0) is 40.5 Å². The predicted molar refractivity (Wildman–Crippen MR) is 278 cm³/mol. The molecule has 11 heteroatoms. The third-order valence-corrected chi connectivity index (χ3v) is 13.2. The molecule has 3 heterocycles. The summed E-state index contributed by atoms with van der Waals surface area (Å²) in [6, 6.07) is 55.5. The van der Waals surface area contributed by atoms with Crippen molar-refractivity contribution in [2.24, 2.45) is 0 Å². The number of aromatic nitrogens is 4. The monoisotopic (exact) mass is 788 g/mol. The second kappa shape index (κ2) is 14.7. The molecule has 0 aliphatic rings. The smallest absolute Gasteiger partial charge is 0.167 e. The van der Waals surface area contributed by atoms with Crippen molar-refractivity contribution in [3.8, 4) is 62.1 Å². The maximum atomic E-state index is 7.35. The van der Waals surface area contributed by atoms with E-state index >= 15 is 0 Å². The van der Waals surface area contributed by atoms with E-state index in [-0.39, 0.29) is 0 Å². The van der Waals surface area contributed by atoms with E-state index in [1.807, 2.05) is 36.4 Å². The third-order valence-electron chi connectivity index (χ3n) is 13.2. The van der Waals surface area contributed by atoms with Gasteiger partial charge in [0.1, 0.15) is 58.2 Å². The van der Waals surface area contributed by atoms with Gasteiger partial charge >= 0.3 is 0 Å². The number of hydrogen-bond donors (Lipinski definition) is 0. The van der Waals surface area contributed by atoms with Gasteiger partial charge in [0.05, 0.1) is 27.7 Å². The Morgan fingerprint density at radius 3 is 1.50 bits per heavy atom. The lowest BCUT2D eigenvalue weighted by Gasteiger charge is -2.19. The molecule has 0 saturated carbocycles. The highest BCUT2D eigenvalue weighted by molar-refractivity contribution is 6.65. The molecule has 11 rings (SSSR count). The highest BCUT2D eigenvalue weighted by Crippen LogP contribution is 2.43. The number of furan rings is 1. The summed E-state index contributed by atoms with van der Waals surface area (Å²) < 4.78 is 9.86. The molecule has 0 atom stereocenters. The van der Waals surface area contributed by atoms with E-state index < -0.39 is 0 Å². The van der Waals surface area contributed by atoms with Crippen molar-refractivity contribution < 1.29 is 4.42 Å². The largest absolute Gasteiger partial charge is 0.456 e. The zero-order valence-electron chi connectivity index (χ0n) is 35.7. The van der Waals surface area contributed by atoms with Crippen LogP contribution in [0, 0.1) is 0 Å². The van der Waals surface area contributed by atoms with Crippen LogP contribution in [0.2, 0.25) is 0 Å². The topological polar surface area (TPSA) is 56.7 Å². The molecule has 0 fully saturated rings. The van der Waals surface area contributed by atoms with Gasteiger partial charge in [0.2, 0.25) is 0 Å². The molecular formula is C51H38B6N4O. The van der Waals surface area contributed by atoms with Gasteiger partial charge in [0, 0.05) is 27.3 Å². The van der Waals surface area contributed by atoms with E-state index in [9.17, 15) is 0 Å². The molecule has 8 aromatic carbocycles. The first-order valence-electron chi connectivity index (χ1n) is 21.3. The summed E-state index contributed by atoms with van der Waals surface area (Å²) in [4.78, 5) is 15.5. The van der Waals surface area contributed by atoms with Gasteiger partial charge in [0.15, 0.2) is 17.5 Å². The van der Waals surface area contributed by atoms with Crippen molar-refractivity contribution in [1.29, 1.82) is 0 Å². The minimum absolute atomic E-state index is 0.590. The standard InChI is InChI=1S/C51H38B6N4O/c52-40-37-38-46(61-34-24-14-13-23-32(34)36-33(28-17-7-2-8-18-28)25-31(26-35(36)61)27-15-5-1-6-16-27)44(56)43(55)45(57)48(38)62-47(37)39(41(53)42(40)54)51-59-49(29-19-9-3-10-20-29)58-50(60-51)30-21-11-4-12-22-30/h1-26H,52-57H2. The molecule has 0 unspecified atom stereocenters. The van der Waals surface area contributed by atoms with Crippen molar-refractivity contribution in [2.75, 3.05) is 0 Å². The highest BCUT2D eigenvalue weighted by Gasteiger charge is 2.28. The number of nitrogens with zero attached hydrogens (tertiary/aromatic N) is 4. The van der Waals surface area contributed by atoms with Crippen molar-refractivity contribution in [3.63, 3.8) is 0 Å². The molecule has 0 spiro atoms. The normalized spacial score (nSPS) is 11.6. The summed E-state index contributed by atoms with van der Waals surface area (Å²) in [6.07, 6.45) is 0. The molecule has 0 aliphatic heterocycles. The first-order valence-corrected chi connectivity index (χ1v) is 21.3. The zero-order valence-corrected chi connectivity index (χ0v) is 35.7. The molecule has 11 aromatic rings. The van der Waals surface area contributed by atoms with Crippen LogP contribution >= 0.6 is 0 Å². The van der Waals surface area contributed by atoms with Crippen LogP contribution < -0.4 is 32.8 Å². The van der Waals surface area contributed by atoms with Crippen LogP contribution in [0.15, 0.2) is 162 Å². The van der Waals surface area contributed by atoms with Crippen molar-refractivity contribution in [2.45, 2.75) is 0 Å². The molecule has 62 heavy (non-hydrogen) atoms. The van der Waals surface area contributed by atoms with Gasteiger partial charge in [-0.15, -0.1) is 0 Å². The van der Waals surface area contributed by atoms with Crippen molar-refractivity contribution in [1.82, 2.24) is 19.5 Å². The Hall–Kier alpha value is -7.24. The Kier molecular flexibility index (Phi) is 8.97. The Morgan fingerprint density at radius 1 is 0.371 bits per heavy atom. The Morgan fingerprint density at radius 2 is 0.887 bits per heavy atom. The maximum absolute atomic E-state index is 7.35. The third kappa shape index (κ3) is 5.83. The van der Waals surface area contributed by atoms with Gasteiger partial charge in [0.25, 0.3) is 0 Å². The van der Waals surface area contributed by atoms with E-state index in [0.29, 0.717) is 17.5 Å². The summed E-state index contributed by atoms with van der Waals surface area (Å²) in [7, 11) is 13.3. The van der Waals surface area contributed by atoms with Crippen LogP contribution in [0.3, 0.4) is 0 Å². The van der Waals surface area contributed by atoms with Crippen LogP contribution in [-0.4, -0.2) is 66.6 Å². The second-order valence-electron chi connectivity index (χ2n) is 16.5. The lowest BCUT2D eigenvalue weighted by Crippen LogP contribution is -2.42. The van der Waals surface area contributed by atoms with Gasteiger partial charge in [-0.25, -0.2) is 15.0 Å². The molecule has 0 aliphatic carbocycles. The molecule has 3 aromatic heterocycles. The summed E-state index contributed by atoms with van der Waals surface area (Å²) in [5.41, 5.74) is 19.5. The van der Waals surface area contributed by atoms with Crippen LogP contribution in [0.4, 0.5) is 0 Å². The van der Waals surface area contributed by atoms with E-state index in [0.717, 1.165) is 66.3 Å². The summed E-state index contributed by atoms with van der Waals surface area (Å²) >= 11 is 0. The lowest BCUT2D eigenvalue weighted by atomic mass is 9.67. The average molecular weight is 788 g/mol. The Labute approximate surface area is 365 Å². The van der Waals surface area contributed by atoms with Crippen molar-refractivity contribution >= 4 is 124 Å². The highest BCUT2D eigenvalue weighted by atomic mass is 16.3. The fourth-order valence-electron chi connectivity index (χ4n) is 9.55. The molecule has 286 valence electrons. The van der Waals surface area contributed by atoms with E-state index in [2.05, 4.69) is 173 Å². The average Bonchev–Trinajstić information content (AvgIpc) is 3.88. The minimum Gasteiger partial charge on any atom is -0.456 e. The van der Waals surface area contributed by atoms with Crippen LogP contribution in [-0.2, 0) is 0 Å². The summed E-state index contributed by atoms with van der Waals surface area (Å²) in [5, 5.41) is 4.60. The Balaban J connectivity index is 1.29. The van der Waals surface area contributed by atoms with Crippen LogP contribution in [0.25, 0.3) is 106 Å². The van der Waals surface area contributed by atoms with Crippen LogP contribution in [0.1, 0.15) is 0 Å². The quantitative estimate of drug-likeness (QED) is 0.244. The maximum Gasteiger partial charge on any atom is 0.167 e. The lowest BCUT2D eigenvalue weighted by molar-refractivity contribution is 0.673. The number of para-hydroxylation sites is 1. The van der Waals surface area contributed by atoms with Crippen molar-refractivity contribution in [3.05, 3.63) is 158 Å². The van der Waals surface area contributed by atoms with Gasteiger partial charge in [-0.3, -0.25) is 0 Å². The first-order chi connectivity index (χ1) is 30.3. The molecule has 0 N–H and O–H groups in total.